The second-order valence-corrected chi connectivity index (χ2v) is 3.74. The van der Waals surface area contributed by atoms with Crippen LogP contribution in [0.3, 0.4) is 0 Å². The van der Waals surface area contributed by atoms with Crippen LogP contribution < -0.4 is 4.72 Å². The van der Waals surface area contributed by atoms with Crippen molar-refractivity contribution in [2.24, 2.45) is 0 Å². The molecular formula is C5H7NO3S. The summed E-state index contributed by atoms with van der Waals surface area (Å²) < 4.78 is 23.2. The lowest BCUT2D eigenvalue weighted by atomic mass is 10.2. The summed E-state index contributed by atoms with van der Waals surface area (Å²) in [5.74, 6) is -0.458. The molecule has 0 fully saturated rings. The first kappa shape index (κ1) is 7.27. The number of sulfonamides is 1. The van der Waals surface area contributed by atoms with E-state index in [9.17, 15) is 13.2 Å². The third-order valence-electron chi connectivity index (χ3n) is 1.05. The second kappa shape index (κ2) is 2.09. The molecule has 0 aromatic rings. The van der Waals surface area contributed by atoms with Crippen LogP contribution in [0.1, 0.15) is 13.3 Å². The molecule has 0 bridgehead atoms. The molecule has 0 saturated heterocycles. The highest BCUT2D eigenvalue weighted by Crippen LogP contribution is 2.08. The van der Waals surface area contributed by atoms with Crippen LogP contribution in [0.2, 0.25) is 0 Å². The van der Waals surface area contributed by atoms with Crippen molar-refractivity contribution in [3.63, 3.8) is 0 Å². The van der Waals surface area contributed by atoms with E-state index in [1.165, 1.54) is 0 Å². The lowest BCUT2D eigenvalue weighted by Crippen LogP contribution is -2.32. The zero-order chi connectivity index (χ0) is 7.78. The van der Waals surface area contributed by atoms with Crippen molar-refractivity contribution in [2.75, 3.05) is 0 Å². The van der Waals surface area contributed by atoms with Crippen molar-refractivity contribution >= 4 is 15.9 Å². The minimum atomic E-state index is -3.44. The van der Waals surface area contributed by atoms with Gasteiger partial charge >= 0.3 is 0 Å². The van der Waals surface area contributed by atoms with Gasteiger partial charge in [-0.15, -0.1) is 0 Å². The first-order chi connectivity index (χ1) is 4.49. The average molecular weight is 161 g/mol. The van der Waals surface area contributed by atoms with Crippen LogP contribution in [0, 0.1) is 0 Å². The lowest BCUT2D eigenvalue weighted by Gasteiger charge is -2.09. The highest BCUT2D eigenvalue weighted by molar-refractivity contribution is 7.93. The Morgan fingerprint density at radius 1 is 1.60 bits per heavy atom. The Bertz CT molecular complexity index is 288. The number of hydrogen-bond acceptors (Lipinski definition) is 3. The van der Waals surface area contributed by atoms with Crippen LogP contribution in [0.25, 0.3) is 0 Å². The number of amides is 1. The normalized spacial score (nSPS) is 23.3. The predicted molar refractivity (Wildman–Crippen MR) is 35.4 cm³/mol. The molecule has 1 aliphatic rings. The summed E-state index contributed by atoms with van der Waals surface area (Å²) in [6.07, 6.45) is 0.180. The van der Waals surface area contributed by atoms with E-state index in [4.69, 9.17) is 0 Å². The van der Waals surface area contributed by atoms with Crippen LogP contribution in [0.5, 0.6) is 0 Å². The van der Waals surface area contributed by atoms with Gasteiger partial charge in [0.2, 0.25) is 5.91 Å². The number of carbonyl (C=O) groups is 1. The van der Waals surface area contributed by atoms with Crippen LogP contribution in [-0.4, -0.2) is 14.3 Å². The number of rotatable bonds is 0. The van der Waals surface area contributed by atoms with Crippen molar-refractivity contribution in [2.45, 2.75) is 13.3 Å². The standard InChI is InChI=1S/C5H7NO3S/c1-4-2-5(7)6-10(8,9)3-4/h3H,2H2,1H3,(H,6,7). The smallest absolute Gasteiger partial charge is 0.257 e. The van der Waals surface area contributed by atoms with E-state index in [1.54, 1.807) is 6.92 Å². The quantitative estimate of drug-likeness (QED) is 0.532. The summed E-state index contributed by atoms with van der Waals surface area (Å²) in [6, 6.07) is 0. The van der Waals surface area contributed by atoms with Gasteiger partial charge in [-0.25, -0.2) is 13.1 Å². The summed E-state index contributed by atoms with van der Waals surface area (Å²) in [6.45, 7) is 1.61. The van der Waals surface area contributed by atoms with Crippen molar-refractivity contribution in [3.05, 3.63) is 11.0 Å². The average Bonchev–Trinajstić information content (AvgIpc) is 1.54. The molecule has 1 N–H and O–H groups in total. The SMILES string of the molecule is CC1=CS(=O)(=O)NC(=O)C1. The molecule has 0 atom stereocenters. The number of hydrogen-bond donors (Lipinski definition) is 1. The van der Waals surface area contributed by atoms with E-state index in [0.29, 0.717) is 5.57 Å². The fourth-order valence-electron chi connectivity index (χ4n) is 0.784. The molecule has 4 nitrogen and oxygen atoms in total. The largest absolute Gasteiger partial charge is 0.274 e. The Morgan fingerprint density at radius 3 is 2.60 bits per heavy atom. The van der Waals surface area contributed by atoms with Crippen molar-refractivity contribution in [1.82, 2.24) is 4.72 Å². The van der Waals surface area contributed by atoms with Gasteiger partial charge in [-0.05, 0) is 6.92 Å². The van der Waals surface area contributed by atoms with Gasteiger partial charge < -0.3 is 0 Å². The van der Waals surface area contributed by atoms with Gasteiger partial charge in [0.15, 0.2) is 0 Å². The molecule has 0 aliphatic carbocycles. The van der Waals surface area contributed by atoms with Gasteiger partial charge in [0, 0.05) is 6.42 Å². The van der Waals surface area contributed by atoms with Gasteiger partial charge in [0.05, 0.1) is 5.41 Å². The van der Waals surface area contributed by atoms with Crippen LogP contribution in [0.4, 0.5) is 0 Å². The molecule has 0 radical (unpaired) electrons. The van der Waals surface area contributed by atoms with Gasteiger partial charge in [-0.3, -0.25) is 4.79 Å². The summed E-state index contributed by atoms with van der Waals surface area (Å²) in [5.41, 5.74) is 0.573. The van der Waals surface area contributed by atoms with Gasteiger partial charge in [0.1, 0.15) is 0 Å². The molecular weight excluding hydrogens is 154 g/mol. The lowest BCUT2D eigenvalue weighted by molar-refractivity contribution is -0.118. The van der Waals surface area contributed by atoms with Crippen LogP contribution in [-0.2, 0) is 14.8 Å². The summed E-state index contributed by atoms with van der Waals surface area (Å²) >= 11 is 0. The van der Waals surface area contributed by atoms with E-state index < -0.39 is 15.9 Å². The molecule has 1 heterocycles. The molecule has 1 aliphatic heterocycles. The van der Waals surface area contributed by atoms with Crippen molar-refractivity contribution < 1.29 is 13.2 Å². The summed E-state index contributed by atoms with van der Waals surface area (Å²) in [5, 5.41) is 1.06. The number of carbonyl (C=O) groups excluding carboxylic acids is 1. The molecule has 0 aromatic carbocycles. The zero-order valence-electron chi connectivity index (χ0n) is 5.42. The Hall–Kier alpha value is -0.840. The van der Waals surface area contributed by atoms with Gasteiger partial charge in [-0.1, -0.05) is 5.57 Å². The monoisotopic (exact) mass is 161 g/mol. The number of nitrogens with one attached hydrogen (secondary N) is 1. The van der Waals surface area contributed by atoms with E-state index in [0.717, 1.165) is 5.41 Å². The molecule has 5 heteroatoms. The van der Waals surface area contributed by atoms with E-state index in [-0.39, 0.29) is 6.42 Å². The molecule has 0 aromatic heterocycles. The Morgan fingerprint density at radius 2 is 2.20 bits per heavy atom. The second-order valence-electron chi connectivity index (χ2n) is 2.21. The minimum Gasteiger partial charge on any atom is -0.274 e. The Labute approximate surface area is 59.0 Å². The highest BCUT2D eigenvalue weighted by atomic mass is 32.2. The first-order valence-electron chi connectivity index (χ1n) is 2.72. The fraction of sp³-hybridized carbons (Fsp3) is 0.400. The zero-order valence-corrected chi connectivity index (χ0v) is 6.23. The molecule has 0 saturated carbocycles. The summed E-state index contributed by atoms with van der Waals surface area (Å²) in [4.78, 5) is 10.6. The summed E-state index contributed by atoms with van der Waals surface area (Å²) in [7, 11) is -3.44. The third-order valence-corrected chi connectivity index (χ3v) is 2.28. The van der Waals surface area contributed by atoms with Gasteiger partial charge in [0.25, 0.3) is 10.0 Å². The van der Waals surface area contributed by atoms with Gasteiger partial charge in [-0.2, -0.15) is 0 Å². The van der Waals surface area contributed by atoms with E-state index in [2.05, 4.69) is 0 Å². The van der Waals surface area contributed by atoms with Crippen LogP contribution in [0.15, 0.2) is 11.0 Å². The molecule has 1 amide bonds. The van der Waals surface area contributed by atoms with Crippen molar-refractivity contribution in [3.8, 4) is 0 Å². The first-order valence-corrected chi connectivity index (χ1v) is 4.27. The maximum Gasteiger partial charge on any atom is 0.257 e. The Kier molecular flexibility index (Phi) is 1.52. The molecule has 0 unspecified atom stereocenters. The predicted octanol–water partition coefficient (Wildman–Crippen LogP) is -0.260. The molecule has 10 heavy (non-hydrogen) atoms. The Balaban J connectivity index is 3.07. The third kappa shape index (κ3) is 1.57. The van der Waals surface area contributed by atoms with E-state index in [1.807, 2.05) is 4.72 Å². The molecule has 1 rings (SSSR count). The molecule has 56 valence electrons. The van der Waals surface area contributed by atoms with Crippen molar-refractivity contribution in [1.29, 1.82) is 0 Å². The molecule has 0 spiro atoms. The van der Waals surface area contributed by atoms with Crippen LogP contribution >= 0.6 is 0 Å². The maximum absolute atomic E-state index is 10.7. The highest BCUT2D eigenvalue weighted by Gasteiger charge is 2.17. The fourth-order valence-corrected chi connectivity index (χ4v) is 1.85. The maximum atomic E-state index is 10.7. The van der Waals surface area contributed by atoms with E-state index >= 15 is 0 Å². The topological polar surface area (TPSA) is 63.2 Å². The minimum absolute atomic E-state index is 0.180.